The molecule has 8 nitrogen and oxygen atoms in total. The van der Waals surface area contributed by atoms with Crippen LogP contribution in [0.2, 0.25) is 0 Å². The maximum Gasteiger partial charge on any atom is 0.411 e. The van der Waals surface area contributed by atoms with Gasteiger partial charge in [-0.1, -0.05) is 58.9 Å². The van der Waals surface area contributed by atoms with Crippen LogP contribution in [0, 0.1) is 21.4 Å². The molecule has 33 heavy (non-hydrogen) atoms. The summed E-state index contributed by atoms with van der Waals surface area (Å²) in [5.41, 5.74) is 0.0282. The van der Waals surface area contributed by atoms with Crippen molar-refractivity contribution in [3.63, 3.8) is 0 Å². The summed E-state index contributed by atoms with van der Waals surface area (Å²) in [7, 11) is 0. The number of hydrogen-bond acceptors (Lipinski definition) is 6. The zero-order valence-corrected chi connectivity index (χ0v) is 21.2. The van der Waals surface area contributed by atoms with E-state index in [0.717, 1.165) is 5.56 Å². The molecule has 1 aliphatic rings. The molecule has 2 rings (SSSR count). The molecular formula is C25H38N2O6. The Morgan fingerprint density at radius 1 is 1.12 bits per heavy atom. The van der Waals surface area contributed by atoms with Crippen molar-refractivity contribution in [2.24, 2.45) is 11.3 Å². The normalized spacial score (nSPS) is 23.5. The van der Waals surface area contributed by atoms with E-state index in [1.54, 1.807) is 39.8 Å². The highest BCUT2D eigenvalue weighted by molar-refractivity contribution is 5.83. The zero-order chi connectivity index (χ0) is 25.3. The average Bonchev–Trinajstić information content (AvgIpc) is 3.03. The second-order valence-corrected chi connectivity index (χ2v) is 11.0. The fraction of sp³-hybridized carbons (Fsp3) is 0.680. The number of amides is 1. The van der Waals surface area contributed by atoms with E-state index in [-0.39, 0.29) is 17.4 Å². The number of likely N-dealkylation sites (tertiary alicyclic amines) is 1. The maximum atomic E-state index is 13.6. The van der Waals surface area contributed by atoms with Crippen molar-refractivity contribution in [3.8, 4) is 0 Å². The third-order valence-electron chi connectivity index (χ3n) is 5.94. The van der Waals surface area contributed by atoms with Gasteiger partial charge in [-0.3, -0.25) is 15.0 Å². The van der Waals surface area contributed by atoms with Gasteiger partial charge in [-0.05, 0) is 50.2 Å². The molecule has 1 saturated heterocycles. The summed E-state index contributed by atoms with van der Waals surface area (Å²) < 4.78 is 11.0. The largest absolute Gasteiger partial charge is 0.464 e. The molecular weight excluding hydrogens is 424 g/mol. The number of benzene rings is 1. The fourth-order valence-corrected chi connectivity index (χ4v) is 4.80. The number of carbonyl (C=O) groups excluding carboxylic acids is 2. The van der Waals surface area contributed by atoms with E-state index >= 15 is 0 Å². The van der Waals surface area contributed by atoms with Crippen LogP contribution in [0.5, 0.6) is 0 Å². The van der Waals surface area contributed by atoms with Crippen LogP contribution in [-0.4, -0.2) is 46.2 Å². The summed E-state index contributed by atoms with van der Waals surface area (Å²) in [6, 6.07) is 4.04. The lowest BCUT2D eigenvalue weighted by Gasteiger charge is -2.34. The summed E-state index contributed by atoms with van der Waals surface area (Å²) in [5.74, 6) is -1.38. The minimum Gasteiger partial charge on any atom is -0.464 e. The van der Waals surface area contributed by atoms with Crippen LogP contribution < -0.4 is 0 Å². The lowest BCUT2D eigenvalue weighted by atomic mass is 9.72. The van der Waals surface area contributed by atoms with Crippen LogP contribution in [0.25, 0.3) is 0 Å². The molecule has 0 spiro atoms. The van der Waals surface area contributed by atoms with E-state index < -0.39 is 47.1 Å². The van der Waals surface area contributed by atoms with Gasteiger partial charge in [0.2, 0.25) is 6.04 Å². The van der Waals surface area contributed by atoms with Gasteiger partial charge in [0.25, 0.3) is 0 Å². The van der Waals surface area contributed by atoms with Crippen LogP contribution in [0.15, 0.2) is 24.3 Å². The number of hydrogen-bond donors (Lipinski definition) is 0. The molecule has 1 heterocycles. The van der Waals surface area contributed by atoms with Gasteiger partial charge in [-0.2, -0.15) is 0 Å². The number of nitrogens with zero attached hydrogens (tertiary/aromatic N) is 2. The molecule has 0 radical (unpaired) electrons. The second kappa shape index (κ2) is 9.69. The van der Waals surface area contributed by atoms with Gasteiger partial charge in [-0.15, -0.1) is 0 Å². The Labute approximate surface area is 196 Å². The number of rotatable bonds is 5. The first-order valence-electron chi connectivity index (χ1n) is 11.5. The van der Waals surface area contributed by atoms with Gasteiger partial charge < -0.3 is 9.47 Å². The van der Waals surface area contributed by atoms with Gasteiger partial charge in [0.15, 0.2) is 0 Å². The third kappa shape index (κ3) is 5.65. The van der Waals surface area contributed by atoms with E-state index in [1.807, 2.05) is 46.8 Å². The summed E-state index contributed by atoms with van der Waals surface area (Å²) in [6.07, 6.45) is -0.761. The van der Waals surface area contributed by atoms with Crippen LogP contribution in [0.3, 0.4) is 0 Å². The molecule has 0 aromatic heterocycles. The van der Waals surface area contributed by atoms with Crippen LogP contribution >= 0.6 is 0 Å². The van der Waals surface area contributed by atoms with Gasteiger partial charge >= 0.3 is 12.1 Å². The molecule has 1 fully saturated rings. The van der Waals surface area contributed by atoms with Crippen molar-refractivity contribution in [1.29, 1.82) is 0 Å². The standard InChI is InChI=1S/C25H38N2O6/c1-10-32-22(28)21-18(24(4,5)6)20(27(30)31)19(26(21)23(29)33-25(7,8)9)17-14-12-11-13-16(17)15(2)3/h11-15,18-21H,10H2,1-9H3/t18-,19-,20-,21-/m0/s1. The van der Waals surface area contributed by atoms with Crippen LogP contribution in [0.1, 0.15) is 85.4 Å². The predicted molar refractivity (Wildman–Crippen MR) is 125 cm³/mol. The van der Waals surface area contributed by atoms with Gasteiger partial charge in [-0.25, -0.2) is 9.59 Å². The van der Waals surface area contributed by atoms with Gasteiger partial charge in [0.1, 0.15) is 17.7 Å². The molecule has 184 valence electrons. The molecule has 8 heteroatoms. The number of esters is 1. The summed E-state index contributed by atoms with van der Waals surface area (Å²) in [6.45, 7) is 16.5. The van der Waals surface area contributed by atoms with Crippen LogP contribution in [-0.2, 0) is 14.3 Å². The highest BCUT2D eigenvalue weighted by Gasteiger charge is 2.65. The van der Waals surface area contributed by atoms with Crippen molar-refractivity contribution in [3.05, 3.63) is 45.5 Å². The monoisotopic (exact) mass is 462 g/mol. The Morgan fingerprint density at radius 3 is 2.15 bits per heavy atom. The average molecular weight is 463 g/mol. The second-order valence-electron chi connectivity index (χ2n) is 11.0. The highest BCUT2D eigenvalue weighted by atomic mass is 16.6. The number of nitro groups is 1. The zero-order valence-electron chi connectivity index (χ0n) is 21.2. The molecule has 4 atom stereocenters. The third-order valence-corrected chi connectivity index (χ3v) is 5.94. The topological polar surface area (TPSA) is 99.0 Å². The first kappa shape index (κ1) is 26.6. The van der Waals surface area contributed by atoms with Crippen molar-refractivity contribution >= 4 is 12.1 Å². The minimum atomic E-state index is -1.22. The molecule has 1 aromatic rings. The summed E-state index contributed by atoms with van der Waals surface area (Å²) in [4.78, 5) is 40.3. The Kier molecular flexibility index (Phi) is 7.82. The molecule has 0 saturated carbocycles. The van der Waals surface area contributed by atoms with Crippen LogP contribution in [0.4, 0.5) is 4.79 Å². The first-order chi connectivity index (χ1) is 15.1. The molecule has 0 aliphatic carbocycles. The Bertz CT molecular complexity index is 884. The lowest BCUT2D eigenvalue weighted by molar-refractivity contribution is -0.536. The SMILES string of the molecule is CCOC(=O)[C@@H]1[C@@H](C(C)(C)C)[C@H]([N+](=O)[O-])[C@H](c2ccccc2C(C)C)N1C(=O)OC(C)(C)C. The number of ether oxygens (including phenoxy) is 2. The van der Waals surface area contributed by atoms with E-state index in [2.05, 4.69) is 0 Å². The van der Waals surface area contributed by atoms with Gasteiger partial charge in [0.05, 0.1) is 12.5 Å². The Morgan fingerprint density at radius 2 is 1.70 bits per heavy atom. The quantitative estimate of drug-likeness (QED) is 0.333. The van der Waals surface area contributed by atoms with Gasteiger partial charge in [0, 0.05) is 4.92 Å². The molecule has 0 unspecified atom stereocenters. The highest BCUT2D eigenvalue weighted by Crippen LogP contribution is 2.51. The predicted octanol–water partition coefficient (Wildman–Crippen LogP) is 5.34. The first-order valence-corrected chi connectivity index (χ1v) is 11.5. The smallest absolute Gasteiger partial charge is 0.411 e. The molecule has 1 amide bonds. The van der Waals surface area contributed by atoms with E-state index in [1.165, 1.54) is 4.90 Å². The minimum absolute atomic E-state index is 0.0591. The van der Waals surface area contributed by atoms with Crippen molar-refractivity contribution in [2.45, 2.75) is 92.0 Å². The number of carbonyl (C=O) groups is 2. The summed E-state index contributed by atoms with van der Waals surface area (Å²) >= 11 is 0. The fourth-order valence-electron chi connectivity index (χ4n) is 4.80. The van der Waals surface area contributed by atoms with E-state index in [9.17, 15) is 19.7 Å². The Hall–Kier alpha value is -2.64. The Balaban J connectivity index is 2.86. The molecule has 1 aliphatic heterocycles. The lowest BCUT2D eigenvalue weighted by Crippen LogP contribution is -2.49. The molecule has 1 aromatic carbocycles. The molecule has 0 N–H and O–H groups in total. The van der Waals surface area contributed by atoms with Crippen molar-refractivity contribution in [1.82, 2.24) is 4.90 Å². The summed E-state index contributed by atoms with van der Waals surface area (Å²) in [5, 5.41) is 12.6. The van der Waals surface area contributed by atoms with Crippen molar-refractivity contribution in [2.75, 3.05) is 6.61 Å². The maximum absolute atomic E-state index is 13.6. The van der Waals surface area contributed by atoms with E-state index in [0.29, 0.717) is 5.56 Å². The molecule has 0 bridgehead atoms. The van der Waals surface area contributed by atoms with Crippen molar-refractivity contribution < 1.29 is 24.0 Å². The van der Waals surface area contributed by atoms with E-state index in [4.69, 9.17) is 9.47 Å².